The van der Waals surface area contributed by atoms with Gasteiger partial charge in [-0.2, -0.15) is 0 Å². The van der Waals surface area contributed by atoms with Crippen LogP contribution in [-0.2, 0) is 25.5 Å². The standard InChI is InChI=1S/C17H21N5O7/c1-4-26-15(24)9-7-21(20-19-9)8-10-12-13(29-17(2,3)28-12)14(27-10)22-6-5-11(23)18-16(22)25/h5-7,10,12-14H,4,8H2,1-3H3,(H,18,23,25)/t10-,12-,13-,14-/m1/s1. The molecule has 0 bridgehead atoms. The molecule has 2 aliphatic heterocycles. The molecule has 4 heterocycles. The smallest absolute Gasteiger partial charge is 0.360 e. The number of carbonyl (C=O) groups excluding carboxylic acids is 1. The first kappa shape index (κ1) is 19.5. The second-order valence-corrected chi connectivity index (χ2v) is 7.19. The van der Waals surface area contributed by atoms with E-state index in [2.05, 4.69) is 15.3 Å². The van der Waals surface area contributed by atoms with Crippen molar-refractivity contribution in [3.8, 4) is 0 Å². The van der Waals surface area contributed by atoms with Gasteiger partial charge < -0.3 is 18.9 Å². The number of esters is 1. The Labute approximate surface area is 164 Å². The molecule has 0 aliphatic carbocycles. The summed E-state index contributed by atoms with van der Waals surface area (Å²) in [5, 5.41) is 7.74. The van der Waals surface area contributed by atoms with Crippen molar-refractivity contribution in [3.63, 3.8) is 0 Å². The molecule has 12 heteroatoms. The molecule has 0 amide bonds. The lowest BCUT2D eigenvalue weighted by molar-refractivity contribution is -0.198. The van der Waals surface area contributed by atoms with Crippen molar-refractivity contribution >= 4 is 5.97 Å². The third-order valence-electron chi connectivity index (χ3n) is 4.64. The van der Waals surface area contributed by atoms with Crippen LogP contribution in [0.3, 0.4) is 0 Å². The third kappa shape index (κ3) is 3.73. The molecule has 29 heavy (non-hydrogen) atoms. The molecular formula is C17H21N5O7. The van der Waals surface area contributed by atoms with Crippen LogP contribution in [0.4, 0.5) is 0 Å². The van der Waals surface area contributed by atoms with Crippen LogP contribution in [0.5, 0.6) is 0 Å². The molecule has 2 aromatic heterocycles. The van der Waals surface area contributed by atoms with E-state index in [1.165, 1.54) is 27.7 Å². The lowest BCUT2D eigenvalue weighted by Gasteiger charge is -2.24. The molecule has 4 rings (SSSR count). The Balaban J connectivity index is 1.58. The fourth-order valence-electron chi connectivity index (χ4n) is 3.53. The molecule has 12 nitrogen and oxygen atoms in total. The summed E-state index contributed by atoms with van der Waals surface area (Å²) in [5.74, 6) is -1.44. The highest BCUT2D eigenvalue weighted by molar-refractivity contribution is 5.86. The second kappa shape index (κ2) is 7.21. The van der Waals surface area contributed by atoms with E-state index in [0.29, 0.717) is 0 Å². The van der Waals surface area contributed by atoms with Gasteiger partial charge in [0.15, 0.2) is 17.7 Å². The number of rotatable bonds is 5. The van der Waals surface area contributed by atoms with Gasteiger partial charge in [-0.3, -0.25) is 14.3 Å². The molecule has 2 aliphatic rings. The Morgan fingerprint density at radius 1 is 1.31 bits per heavy atom. The molecule has 0 radical (unpaired) electrons. The summed E-state index contributed by atoms with van der Waals surface area (Å²) in [6.45, 7) is 5.68. The highest BCUT2D eigenvalue weighted by atomic mass is 16.8. The van der Waals surface area contributed by atoms with Crippen LogP contribution in [0.25, 0.3) is 0 Å². The predicted octanol–water partition coefficient (Wildman–Crippen LogP) is -0.577. The number of nitrogens with one attached hydrogen (secondary N) is 1. The molecular weight excluding hydrogens is 386 g/mol. The Hall–Kier alpha value is -2.83. The van der Waals surface area contributed by atoms with E-state index in [0.717, 1.165) is 0 Å². The van der Waals surface area contributed by atoms with E-state index in [-0.39, 0.29) is 18.8 Å². The van der Waals surface area contributed by atoms with Crippen LogP contribution in [0.15, 0.2) is 28.0 Å². The van der Waals surface area contributed by atoms with E-state index < -0.39 is 47.5 Å². The highest BCUT2D eigenvalue weighted by Crippen LogP contribution is 2.42. The number of H-pyrrole nitrogens is 1. The first-order chi connectivity index (χ1) is 13.8. The van der Waals surface area contributed by atoms with E-state index in [1.807, 2.05) is 0 Å². The van der Waals surface area contributed by atoms with Gasteiger partial charge in [0.05, 0.1) is 19.3 Å². The van der Waals surface area contributed by atoms with Gasteiger partial charge in [0.1, 0.15) is 18.3 Å². The van der Waals surface area contributed by atoms with Gasteiger partial charge in [0.2, 0.25) is 0 Å². The normalized spacial score (nSPS) is 27.7. The minimum Gasteiger partial charge on any atom is -0.461 e. The first-order valence-corrected chi connectivity index (χ1v) is 9.17. The summed E-state index contributed by atoms with van der Waals surface area (Å²) in [5.41, 5.74) is -1.03. The van der Waals surface area contributed by atoms with Crippen molar-refractivity contribution < 1.29 is 23.7 Å². The van der Waals surface area contributed by atoms with Crippen LogP contribution in [0.1, 0.15) is 37.5 Å². The van der Waals surface area contributed by atoms with Crippen molar-refractivity contribution in [1.29, 1.82) is 0 Å². The molecule has 1 N–H and O–H groups in total. The maximum Gasteiger partial charge on any atom is 0.360 e. The number of carbonyl (C=O) groups is 1. The average Bonchev–Trinajstić information content (AvgIpc) is 3.30. The number of aromatic amines is 1. The average molecular weight is 407 g/mol. The number of ether oxygens (including phenoxy) is 4. The van der Waals surface area contributed by atoms with Gasteiger partial charge in [0, 0.05) is 12.3 Å². The molecule has 0 spiro atoms. The van der Waals surface area contributed by atoms with Crippen molar-refractivity contribution in [2.75, 3.05) is 6.61 Å². The van der Waals surface area contributed by atoms with Crippen LogP contribution < -0.4 is 11.2 Å². The van der Waals surface area contributed by atoms with Gasteiger partial charge in [-0.15, -0.1) is 5.10 Å². The molecule has 4 atom stereocenters. The summed E-state index contributed by atoms with van der Waals surface area (Å²) < 4.78 is 25.6. The monoisotopic (exact) mass is 407 g/mol. The minimum atomic E-state index is -0.875. The predicted molar refractivity (Wildman–Crippen MR) is 95.0 cm³/mol. The SMILES string of the molecule is CCOC(=O)c1cn(C[C@H]2O[C@@H](n3ccc(=O)[nH]c3=O)[C@@H]3OC(C)(C)O[C@@H]32)nn1. The zero-order chi connectivity index (χ0) is 20.8. The molecule has 0 unspecified atom stereocenters. The molecule has 156 valence electrons. The largest absolute Gasteiger partial charge is 0.461 e. The Bertz CT molecular complexity index is 1030. The van der Waals surface area contributed by atoms with E-state index in [4.69, 9.17) is 18.9 Å². The van der Waals surface area contributed by atoms with Crippen LogP contribution in [0, 0.1) is 0 Å². The Morgan fingerprint density at radius 2 is 2.07 bits per heavy atom. The van der Waals surface area contributed by atoms with Crippen molar-refractivity contribution in [2.45, 2.75) is 57.6 Å². The zero-order valence-electron chi connectivity index (χ0n) is 16.1. The fraction of sp³-hybridized carbons (Fsp3) is 0.588. The molecule has 0 aromatic carbocycles. The third-order valence-corrected chi connectivity index (χ3v) is 4.64. The summed E-state index contributed by atoms with van der Waals surface area (Å²) in [7, 11) is 0. The lowest BCUT2D eigenvalue weighted by atomic mass is 10.1. The van der Waals surface area contributed by atoms with Gasteiger partial charge in [-0.05, 0) is 20.8 Å². The van der Waals surface area contributed by atoms with Gasteiger partial charge in [-0.1, -0.05) is 5.21 Å². The number of fused-ring (bicyclic) bond motifs is 1. The first-order valence-electron chi connectivity index (χ1n) is 9.17. The van der Waals surface area contributed by atoms with Crippen molar-refractivity contribution in [3.05, 3.63) is 45.0 Å². The Morgan fingerprint density at radius 3 is 2.79 bits per heavy atom. The molecule has 2 fully saturated rings. The van der Waals surface area contributed by atoms with Gasteiger partial charge >= 0.3 is 11.7 Å². The number of nitrogens with zero attached hydrogens (tertiary/aromatic N) is 4. The highest BCUT2D eigenvalue weighted by Gasteiger charge is 2.56. The number of hydrogen-bond donors (Lipinski definition) is 1. The Kier molecular flexibility index (Phi) is 4.84. The van der Waals surface area contributed by atoms with Crippen LogP contribution in [0.2, 0.25) is 0 Å². The summed E-state index contributed by atoms with van der Waals surface area (Å²) >= 11 is 0. The number of aromatic nitrogens is 5. The summed E-state index contributed by atoms with van der Waals surface area (Å²) in [4.78, 5) is 37.6. The van der Waals surface area contributed by atoms with Gasteiger partial charge in [-0.25, -0.2) is 14.3 Å². The second-order valence-electron chi connectivity index (χ2n) is 7.19. The van der Waals surface area contributed by atoms with E-state index >= 15 is 0 Å². The molecule has 2 aromatic rings. The van der Waals surface area contributed by atoms with Crippen LogP contribution >= 0.6 is 0 Å². The zero-order valence-corrected chi connectivity index (χ0v) is 16.1. The maximum atomic E-state index is 12.2. The topological polar surface area (TPSA) is 140 Å². The molecule has 0 saturated carbocycles. The minimum absolute atomic E-state index is 0.0821. The molecule has 2 saturated heterocycles. The summed E-state index contributed by atoms with van der Waals surface area (Å²) in [6.07, 6.45) is 0.396. The van der Waals surface area contributed by atoms with Crippen molar-refractivity contribution in [1.82, 2.24) is 24.5 Å². The van der Waals surface area contributed by atoms with Crippen molar-refractivity contribution in [2.24, 2.45) is 0 Å². The summed E-state index contributed by atoms with van der Waals surface area (Å²) in [6, 6.07) is 1.23. The van der Waals surface area contributed by atoms with E-state index in [9.17, 15) is 14.4 Å². The number of hydrogen-bond acceptors (Lipinski definition) is 9. The lowest BCUT2D eigenvalue weighted by Crippen LogP contribution is -2.37. The fourth-order valence-corrected chi connectivity index (χ4v) is 3.53. The van der Waals surface area contributed by atoms with E-state index in [1.54, 1.807) is 20.8 Å². The quantitative estimate of drug-likeness (QED) is 0.645. The van der Waals surface area contributed by atoms with Crippen LogP contribution in [-0.4, -0.2) is 61.2 Å². The van der Waals surface area contributed by atoms with Gasteiger partial charge in [0.25, 0.3) is 5.56 Å². The maximum absolute atomic E-state index is 12.2.